The summed E-state index contributed by atoms with van der Waals surface area (Å²) in [7, 11) is 0. The van der Waals surface area contributed by atoms with E-state index in [0.29, 0.717) is 18.9 Å². The maximum Gasteiger partial charge on any atom is 0.123 e. The Bertz CT molecular complexity index is 399. The van der Waals surface area contributed by atoms with E-state index in [0.717, 1.165) is 0 Å². The van der Waals surface area contributed by atoms with Crippen LogP contribution >= 0.6 is 0 Å². The molecule has 5 heteroatoms. The molecule has 0 fully saturated rings. The van der Waals surface area contributed by atoms with Crippen molar-refractivity contribution < 1.29 is 9.13 Å². The van der Waals surface area contributed by atoms with Gasteiger partial charge in [0.15, 0.2) is 0 Å². The van der Waals surface area contributed by atoms with Crippen molar-refractivity contribution in [1.82, 2.24) is 15.0 Å². The SMILES string of the molecule is Fc1ccc(OCCn2ccnn2)cc1. The molecule has 2 aromatic rings. The summed E-state index contributed by atoms with van der Waals surface area (Å²) >= 11 is 0. The molecule has 4 nitrogen and oxygen atoms in total. The first-order valence-electron chi connectivity index (χ1n) is 4.57. The fourth-order valence-corrected chi connectivity index (χ4v) is 1.14. The minimum atomic E-state index is -0.265. The van der Waals surface area contributed by atoms with Crippen LogP contribution in [0.5, 0.6) is 5.75 Å². The average Bonchev–Trinajstić information content (AvgIpc) is 2.74. The third-order valence-electron chi connectivity index (χ3n) is 1.87. The van der Waals surface area contributed by atoms with Gasteiger partial charge in [0.1, 0.15) is 18.2 Å². The molecule has 1 heterocycles. The van der Waals surface area contributed by atoms with Crippen LogP contribution in [0.2, 0.25) is 0 Å². The summed E-state index contributed by atoms with van der Waals surface area (Å²) in [6.07, 6.45) is 3.37. The number of ether oxygens (including phenoxy) is 1. The van der Waals surface area contributed by atoms with Gasteiger partial charge in [-0.2, -0.15) is 0 Å². The molecule has 0 amide bonds. The summed E-state index contributed by atoms with van der Waals surface area (Å²) < 4.78 is 19.6. The van der Waals surface area contributed by atoms with E-state index in [4.69, 9.17) is 4.74 Å². The lowest BCUT2D eigenvalue weighted by Gasteiger charge is -2.05. The van der Waals surface area contributed by atoms with Gasteiger partial charge in [0, 0.05) is 6.20 Å². The summed E-state index contributed by atoms with van der Waals surface area (Å²) in [6.45, 7) is 1.10. The standard InChI is InChI=1S/C10H10FN3O/c11-9-1-3-10(4-2-9)15-8-7-14-6-5-12-13-14/h1-6H,7-8H2. The van der Waals surface area contributed by atoms with Crippen LogP contribution in [0.4, 0.5) is 4.39 Å². The minimum absolute atomic E-state index is 0.265. The zero-order chi connectivity index (χ0) is 10.5. The Balaban J connectivity index is 1.81. The Labute approximate surface area is 86.3 Å². The summed E-state index contributed by atoms with van der Waals surface area (Å²) in [5, 5.41) is 7.46. The second-order valence-electron chi connectivity index (χ2n) is 2.97. The van der Waals surface area contributed by atoms with Crippen LogP contribution in [-0.2, 0) is 6.54 Å². The smallest absolute Gasteiger partial charge is 0.123 e. The van der Waals surface area contributed by atoms with Gasteiger partial charge in [0.25, 0.3) is 0 Å². The molecular formula is C10H10FN3O. The van der Waals surface area contributed by atoms with Gasteiger partial charge in [-0.05, 0) is 24.3 Å². The molecule has 0 spiro atoms. The third-order valence-corrected chi connectivity index (χ3v) is 1.87. The van der Waals surface area contributed by atoms with E-state index in [-0.39, 0.29) is 5.82 Å². The average molecular weight is 207 g/mol. The first-order chi connectivity index (χ1) is 7.34. The Kier molecular flexibility index (Phi) is 2.92. The zero-order valence-corrected chi connectivity index (χ0v) is 8.01. The molecular weight excluding hydrogens is 197 g/mol. The Morgan fingerprint density at radius 2 is 2.07 bits per heavy atom. The quantitative estimate of drug-likeness (QED) is 0.762. The van der Waals surface area contributed by atoms with Gasteiger partial charge in [-0.3, -0.25) is 0 Å². The van der Waals surface area contributed by atoms with E-state index in [1.807, 2.05) is 0 Å². The monoisotopic (exact) mass is 207 g/mol. The van der Waals surface area contributed by atoms with E-state index in [1.54, 1.807) is 29.2 Å². The number of halogens is 1. The largest absolute Gasteiger partial charge is 0.492 e. The number of hydrogen-bond acceptors (Lipinski definition) is 3. The maximum atomic E-state index is 12.6. The number of rotatable bonds is 4. The lowest BCUT2D eigenvalue weighted by Crippen LogP contribution is -2.08. The third kappa shape index (κ3) is 2.77. The summed E-state index contributed by atoms with van der Waals surface area (Å²) in [5.41, 5.74) is 0. The van der Waals surface area contributed by atoms with Gasteiger partial charge in [0.2, 0.25) is 0 Å². The van der Waals surface area contributed by atoms with E-state index in [1.165, 1.54) is 12.1 Å². The zero-order valence-electron chi connectivity index (χ0n) is 8.01. The highest BCUT2D eigenvalue weighted by Gasteiger charge is 1.95. The molecule has 0 bridgehead atoms. The lowest BCUT2D eigenvalue weighted by atomic mass is 10.3. The molecule has 0 saturated carbocycles. The maximum absolute atomic E-state index is 12.6. The molecule has 0 aliphatic carbocycles. The molecule has 1 aromatic carbocycles. The van der Waals surface area contributed by atoms with Crippen molar-refractivity contribution in [3.05, 3.63) is 42.5 Å². The molecule has 0 radical (unpaired) electrons. The van der Waals surface area contributed by atoms with E-state index in [9.17, 15) is 4.39 Å². The number of hydrogen-bond donors (Lipinski definition) is 0. The van der Waals surface area contributed by atoms with E-state index >= 15 is 0 Å². The van der Waals surface area contributed by atoms with Gasteiger partial charge < -0.3 is 4.74 Å². The van der Waals surface area contributed by atoms with Crippen LogP contribution in [0.3, 0.4) is 0 Å². The fourth-order valence-electron chi connectivity index (χ4n) is 1.14. The van der Waals surface area contributed by atoms with E-state index < -0.39 is 0 Å². The number of aromatic nitrogens is 3. The molecule has 2 rings (SSSR count). The number of benzene rings is 1. The van der Waals surface area contributed by atoms with Crippen molar-refractivity contribution >= 4 is 0 Å². The second-order valence-corrected chi connectivity index (χ2v) is 2.97. The van der Waals surface area contributed by atoms with Crippen molar-refractivity contribution in [1.29, 1.82) is 0 Å². The fraction of sp³-hybridized carbons (Fsp3) is 0.200. The molecule has 0 saturated heterocycles. The van der Waals surface area contributed by atoms with Crippen molar-refractivity contribution in [2.24, 2.45) is 0 Å². The molecule has 1 aromatic heterocycles. The van der Waals surface area contributed by atoms with Crippen LogP contribution in [0, 0.1) is 5.82 Å². The number of nitrogens with zero attached hydrogens (tertiary/aromatic N) is 3. The summed E-state index contributed by atoms with van der Waals surface area (Å²) in [5.74, 6) is 0.384. The highest BCUT2D eigenvalue weighted by molar-refractivity contribution is 5.21. The van der Waals surface area contributed by atoms with Crippen molar-refractivity contribution in [2.45, 2.75) is 6.54 Å². The van der Waals surface area contributed by atoms with Gasteiger partial charge in [0.05, 0.1) is 12.7 Å². The highest BCUT2D eigenvalue weighted by Crippen LogP contribution is 2.10. The van der Waals surface area contributed by atoms with Crippen LogP contribution in [-0.4, -0.2) is 21.6 Å². The first kappa shape index (κ1) is 9.64. The Morgan fingerprint density at radius 3 is 2.73 bits per heavy atom. The molecule has 0 atom stereocenters. The minimum Gasteiger partial charge on any atom is -0.492 e. The van der Waals surface area contributed by atoms with Gasteiger partial charge in [-0.15, -0.1) is 5.10 Å². The van der Waals surface area contributed by atoms with Crippen molar-refractivity contribution in [3.8, 4) is 5.75 Å². The Morgan fingerprint density at radius 1 is 1.27 bits per heavy atom. The van der Waals surface area contributed by atoms with Gasteiger partial charge in [-0.25, -0.2) is 9.07 Å². The predicted octanol–water partition coefficient (Wildman–Crippen LogP) is 1.50. The molecule has 15 heavy (non-hydrogen) atoms. The second kappa shape index (κ2) is 4.54. The molecule has 0 aliphatic heterocycles. The lowest BCUT2D eigenvalue weighted by molar-refractivity contribution is 0.289. The molecule has 0 N–H and O–H groups in total. The molecule has 0 unspecified atom stereocenters. The van der Waals surface area contributed by atoms with Gasteiger partial charge in [-0.1, -0.05) is 5.21 Å². The van der Waals surface area contributed by atoms with Crippen molar-refractivity contribution in [2.75, 3.05) is 6.61 Å². The van der Waals surface area contributed by atoms with Crippen LogP contribution in [0.25, 0.3) is 0 Å². The summed E-state index contributed by atoms with van der Waals surface area (Å²) in [4.78, 5) is 0. The highest BCUT2D eigenvalue weighted by atomic mass is 19.1. The summed E-state index contributed by atoms with van der Waals surface area (Å²) in [6, 6.07) is 5.92. The van der Waals surface area contributed by atoms with E-state index in [2.05, 4.69) is 10.3 Å². The topological polar surface area (TPSA) is 39.9 Å². The molecule has 0 aliphatic rings. The first-order valence-corrected chi connectivity index (χ1v) is 4.57. The normalized spacial score (nSPS) is 10.2. The van der Waals surface area contributed by atoms with Gasteiger partial charge >= 0.3 is 0 Å². The van der Waals surface area contributed by atoms with Crippen LogP contribution < -0.4 is 4.74 Å². The van der Waals surface area contributed by atoms with Crippen molar-refractivity contribution in [3.63, 3.8) is 0 Å². The molecule has 78 valence electrons. The van der Waals surface area contributed by atoms with Crippen LogP contribution in [0.1, 0.15) is 0 Å². The van der Waals surface area contributed by atoms with Crippen LogP contribution in [0.15, 0.2) is 36.7 Å². The Hall–Kier alpha value is -1.91. The predicted molar refractivity (Wildman–Crippen MR) is 51.9 cm³/mol.